The van der Waals surface area contributed by atoms with Crippen LogP contribution in [0.4, 0.5) is 0 Å². The molecule has 0 unspecified atom stereocenters. The highest BCUT2D eigenvalue weighted by molar-refractivity contribution is 5.74. The number of carbonyl (C=O) groups is 1. The normalized spacial score (nSPS) is 10.6. The van der Waals surface area contributed by atoms with E-state index in [9.17, 15) is 4.79 Å². The van der Waals surface area contributed by atoms with Gasteiger partial charge in [-0.05, 0) is 48.0 Å². The summed E-state index contributed by atoms with van der Waals surface area (Å²) in [5.74, 6) is 1.19. The van der Waals surface area contributed by atoms with Crippen LogP contribution in [0.5, 0.6) is 17.2 Å². The van der Waals surface area contributed by atoms with Gasteiger partial charge < -0.3 is 14.2 Å². The van der Waals surface area contributed by atoms with Crippen LogP contribution in [0.2, 0.25) is 0 Å². The van der Waals surface area contributed by atoms with Gasteiger partial charge in [0.15, 0.2) is 6.61 Å². The molecule has 0 saturated heterocycles. The molecule has 136 valence electrons. The average Bonchev–Trinajstić information content (AvgIpc) is 2.73. The molecule has 0 atom stereocenters. The molecule has 0 bridgehead atoms. The first-order valence-electron chi connectivity index (χ1n) is 8.39. The van der Waals surface area contributed by atoms with Crippen molar-refractivity contribution in [3.8, 4) is 17.2 Å². The van der Waals surface area contributed by atoms with E-state index in [1.165, 1.54) is 0 Å². The van der Waals surface area contributed by atoms with E-state index in [4.69, 9.17) is 14.2 Å². The van der Waals surface area contributed by atoms with Crippen LogP contribution < -0.4 is 14.2 Å². The molecule has 5 nitrogen and oxygen atoms in total. The number of nitrogens with zero attached hydrogens (tertiary/aromatic N) is 1. The zero-order chi connectivity index (χ0) is 18.9. The molecule has 0 amide bonds. The predicted octanol–water partition coefficient (Wildman–Crippen LogP) is 4.25. The van der Waals surface area contributed by atoms with Gasteiger partial charge >= 0.3 is 5.97 Å². The van der Waals surface area contributed by atoms with E-state index in [0.717, 1.165) is 11.3 Å². The molecule has 27 heavy (non-hydrogen) atoms. The molecule has 1 aromatic heterocycles. The van der Waals surface area contributed by atoms with Crippen molar-refractivity contribution in [2.24, 2.45) is 0 Å². The third-order valence-electron chi connectivity index (χ3n) is 3.64. The highest BCUT2D eigenvalue weighted by Crippen LogP contribution is 2.19. The number of methoxy groups -OCH3 is 1. The van der Waals surface area contributed by atoms with Crippen molar-refractivity contribution in [3.05, 3.63) is 84.2 Å². The summed E-state index contributed by atoms with van der Waals surface area (Å²) in [5, 5.41) is 0. The van der Waals surface area contributed by atoms with Crippen molar-refractivity contribution < 1.29 is 19.0 Å². The molecule has 0 aliphatic heterocycles. The fourth-order valence-corrected chi connectivity index (χ4v) is 2.30. The van der Waals surface area contributed by atoms with Crippen molar-refractivity contribution in [1.29, 1.82) is 0 Å². The fraction of sp³-hybridized carbons (Fsp3) is 0.0909. The summed E-state index contributed by atoms with van der Waals surface area (Å²) in [5.41, 5.74) is 1.86. The Kier molecular flexibility index (Phi) is 6.20. The zero-order valence-electron chi connectivity index (χ0n) is 14.9. The minimum absolute atomic E-state index is 0.186. The van der Waals surface area contributed by atoms with Crippen LogP contribution in [0.15, 0.2) is 72.9 Å². The van der Waals surface area contributed by atoms with Gasteiger partial charge in [-0.25, -0.2) is 4.79 Å². The standard InChI is InChI=1S/C22H19NO4/c1-25-20-6-4-7-21(15-20)26-16-22(24)27-19-12-9-17(10-13-19)8-11-18-5-2-3-14-23-18/h2-15H,16H2,1H3/b11-8+. The summed E-state index contributed by atoms with van der Waals surface area (Å²) < 4.78 is 15.8. The van der Waals surface area contributed by atoms with Crippen LogP contribution in [-0.4, -0.2) is 24.7 Å². The number of ether oxygens (including phenoxy) is 3. The molecule has 3 rings (SSSR count). The van der Waals surface area contributed by atoms with Crippen LogP contribution in [-0.2, 0) is 4.79 Å². The minimum Gasteiger partial charge on any atom is -0.497 e. The third kappa shape index (κ3) is 5.71. The molecule has 5 heteroatoms. The second kappa shape index (κ2) is 9.20. The van der Waals surface area contributed by atoms with Crippen LogP contribution >= 0.6 is 0 Å². The monoisotopic (exact) mass is 361 g/mol. The van der Waals surface area contributed by atoms with Crippen molar-refractivity contribution in [2.75, 3.05) is 13.7 Å². The molecule has 0 fully saturated rings. The lowest BCUT2D eigenvalue weighted by Crippen LogP contribution is -2.17. The Morgan fingerprint density at radius 1 is 0.926 bits per heavy atom. The molecule has 0 aliphatic rings. The number of carbonyl (C=O) groups excluding carboxylic acids is 1. The topological polar surface area (TPSA) is 57.7 Å². The Hall–Kier alpha value is -3.60. The molecular formula is C22H19NO4. The summed E-state index contributed by atoms with van der Waals surface area (Å²) in [6.45, 7) is -0.186. The maximum absolute atomic E-state index is 11.9. The Morgan fingerprint density at radius 3 is 2.48 bits per heavy atom. The lowest BCUT2D eigenvalue weighted by atomic mass is 10.2. The van der Waals surface area contributed by atoms with Crippen molar-refractivity contribution in [1.82, 2.24) is 4.98 Å². The van der Waals surface area contributed by atoms with Crippen molar-refractivity contribution in [2.45, 2.75) is 0 Å². The number of benzene rings is 2. The smallest absolute Gasteiger partial charge is 0.349 e. The van der Waals surface area contributed by atoms with Crippen LogP contribution in [0, 0.1) is 0 Å². The van der Waals surface area contributed by atoms with Gasteiger partial charge in [-0.1, -0.05) is 30.3 Å². The predicted molar refractivity (Wildman–Crippen MR) is 104 cm³/mol. The van der Waals surface area contributed by atoms with Gasteiger partial charge in [0, 0.05) is 12.3 Å². The molecule has 0 radical (unpaired) electrons. The van der Waals surface area contributed by atoms with Crippen LogP contribution in [0.3, 0.4) is 0 Å². The molecule has 3 aromatic rings. The minimum atomic E-state index is -0.477. The van der Waals surface area contributed by atoms with Gasteiger partial charge in [-0.2, -0.15) is 0 Å². The van der Waals surface area contributed by atoms with E-state index >= 15 is 0 Å². The molecule has 0 saturated carbocycles. The maximum Gasteiger partial charge on any atom is 0.349 e. The number of rotatable bonds is 7. The van der Waals surface area contributed by atoms with Gasteiger partial charge in [-0.3, -0.25) is 4.98 Å². The highest BCUT2D eigenvalue weighted by Gasteiger charge is 2.06. The average molecular weight is 361 g/mol. The first kappa shape index (κ1) is 18.2. The molecule has 0 spiro atoms. The highest BCUT2D eigenvalue weighted by atomic mass is 16.6. The summed E-state index contributed by atoms with van der Waals surface area (Å²) in [4.78, 5) is 16.2. The van der Waals surface area contributed by atoms with Crippen LogP contribution in [0.25, 0.3) is 12.2 Å². The quantitative estimate of drug-likeness (QED) is 0.465. The van der Waals surface area contributed by atoms with Gasteiger partial charge in [0.25, 0.3) is 0 Å². The SMILES string of the molecule is COc1cccc(OCC(=O)Oc2ccc(/C=C/c3ccccn3)cc2)c1. The molecule has 1 heterocycles. The second-order valence-corrected chi connectivity index (χ2v) is 5.60. The van der Waals surface area contributed by atoms with E-state index < -0.39 is 5.97 Å². The van der Waals surface area contributed by atoms with Gasteiger partial charge in [0.1, 0.15) is 17.2 Å². The largest absolute Gasteiger partial charge is 0.497 e. The Balaban J connectivity index is 1.51. The number of pyridine rings is 1. The van der Waals surface area contributed by atoms with Crippen molar-refractivity contribution >= 4 is 18.1 Å². The van der Waals surface area contributed by atoms with E-state index in [1.807, 2.05) is 42.5 Å². The molecular weight excluding hydrogens is 342 g/mol. The first-order valence-corrected chi connectivity index (χ1v) is 8.39. The van der Waals surface area contributed by atoms with Gasteiger partial charge in [-0.15, -0.1) is 0 Å². The summed E-state index contributed by atoms with van der Waals surface area (Å²) in [7, 11) is 1.57. The number of hydrogen-bond acceptors (Lipinski definition) is 5. The Labute approximate surface area is 157 Å². The summed E-state index contributed by atoms with van der Waals surface area (Å²) in [6.07, 6.45) is 5.61. The summed E-state index contributed by atoms with van der Waals surface area (Å²) >= 11 is 0. The first-order chi connectivity index (χ1) is 13.2. The van der Waals surface area contributed by atoms with Crippen molar-refractivity contribution in [3.63, 3.8) is 0 Å². The zero-order valence-corrected chi connectivity index (χ0v) is 14.9. The van der Waals surface area contributed by atoms with E-state index in [2.05, 4.69) is 4.98 Å². The maximum atomic E-state index is 11.9. The molecule has 2 aromatic carbocycles. The third-order valence-corrected chi connectivity index (χ3v) is 3.64. The summed E-state index contributed by atoms with van der Waals surface area (Å²) in [6, 6.07) is 20.0. The van der Waals surface area contributed by atoms with E-state index in [0.29, 0.717) is 17.2 Å². The lowest BCUT2D eigenvalue weighted by molar-refractivity contribution is -0.136. The van der Waals surface area contributed by atoms with E-state index in [1.54, 1.807) is 49.7 Å². The molecule has 0 N–H and O–H groups in total. The second-order valence-electron chi connectivity index (χ2n) is 5.60. The lowest BCUT2D eigenvalue weighted by Gasteiger charge is -2.08. The van der Waals surface area contributed by atoms with Crippen LogP contribution in [0.1, 0.15) is 11.3 Å². The fourth-order valence-electron chi connectivity index (χ4n) is 2.30. The Bertz CT molecular complexity index is 905. The molecule has 0 aliphatic carbocycles. The number of esters is 1. The Morgan fingerprint density at radius 2 is 1.74 bits per heavy atom. The van der Waals surface area contributed by atoms with Gasteiger partial charge in [0.05, 0.1) is 12.8 Å². The van der Waals surface area contributed by atoms with E-state index in [-0.39, 0.29) is 6.61 Å². The number of aromatic nitrogens is 1. The van der Waals surface area contributed by atoms with Gasteiger partial charge in [0.2, 0.25) is 0 Å². The number of hydrogen-bond donors (Lipinski definition) is 0.